The van der Waals surface area contributed by atoms with Gasteiger partial charge in [0.1, 0.15) is 0 Å². The molecule has 0 radical (unpaired) electrons. The Morgan fingerprint density at radius 2 is 1.75 bits per heavy atom. The van der Waals surface area contributed by atoms with E-state index in [4.69, 9.17) is 0 Å². The summed E-state index contributed by atoms with van der Waals surface area (Å²) in [4.78, 5) is 0. The smallest absolute Gasteiger partial charge is 0.0464 e. The van der Waals surface area contributed by atoms with E-state index in [2.05, 4.69) is 61.6 Å². The van der Waals surface area contributed by atoms with Crippen LogP contribution in [0.15, 0.2) is 42.5 Å². The Bertz CT molecular complexity index is 572. The average molecular weight is 267 g/mol. The van der Waals surface area contributed by atoms with Crippen molar-refractivity contribution in [3.05, 3.63) is 48.0 Å². The van der Waals surface area contributed by atoms with E-state index >= 15 is 0 Å². The van der Waals surface area contributed by atoms with Crippen LogP contribution in [0.1, 0.15) is 45.1 Å². The first kappa shape index (κ1) is 13.6. The molecule has 1 atom stereocenters. The maximum absolute atomic E-state index is 3.90. The molecule has 1 heteroatoms. The lowest BCUT2D eigenvalue weighted by Gasteiger charge is -2.39. The van der Waals surface area contributed by atoms with E-state index in [0.717, 1.165) is 6.54 Å². The Labute approximate surface area is 122 Å². The lowest BCUT2D eigenvalue weighted by molar-refractivity contribution is 0.233. The fraction of sp³-hybridized carbons (Fsp3) is 0.474. The molecule has 0 amide bonds. The Morgan fingerprint density at radius 1 is 0.950 bits per heavy atom. The molecular formula is C19H25N. The van der Waals surface area contributed by atoms with Gasteiger partial charge in [0.05, 0.1) is 0 Å². The molecule has 106 valence electrons. The highest BCUT2D eigenvalue weighted by Gasteiger charge is 2.36. The number of nitrogens with one attached hydrogen (secondary N) is 1. The van der Waals surface area contributed by atoms with Crippen molar-refractivity contribution >= 4 is 10.8 Å². The van der Waals surface area contributed by atoms with Crippen LogP contribution in [-0.2, 0) is 5.54 Å². The first-order valence-corrected chi connectivity index (χ1v) is 7.97. The average Bonchev–Trinajstić information content (AvgIpc) is 2.73. The van der Waals surface area contributed by atoms with E-state index < -0.39 is 0 Å². The first-order chi connectivity index (χ1) is 9.74. The van der Waals surface area contributed by atoms with Crippen molar-refractivity contribution in [2.45, 2.75) is 45.1 Å². The zero-order valence-corrected chi connectivity index (χ0v) is 12.7. The monoisotopic (exact) mass is 267 g/mol. The summed E-state index contributed by atoms with van der Waals surface area (Å²) in [6.07, 6.45) is 5.23. The predicted octanol–water partition coefficient (Wildman–Crippen LogP) is 4.85. The van der Waals surface area contributed by atoms with E-state index in [9.17, 15) is 0 Å². The van der Waals surface area contributed by atoms with Crippen LogP contribution in [0.25, 0.3) is 10.8 Å². The van der Waals surface area contributed by atoms with E-state index in [-0.39, 0.29) is 5.54 Å². The maximum atomic E-state index is 3.90. The summed E-state index contributed by atoms with van der Waals surface area (Å²) < 4.78 is 0. The summed E-state index contributed by atoms with van der Waals surface area (Å²) in [6.45, 7) is 5.86. The third-order valence-corrected chi connectivity index (χ3v) is 4.94. The summed E-state index contributed by atoms with van der Waals surface area (Å²) in [5, 5.41) is 6.68. The van der Waals surface area contributed by atoms with Gasteiger partial charge in [-0.3, -0.25) is 0 Å². The van der Waals surface area contributed by atoms with Gasteiger partial charge in [0.25, 0.3) is 0 Å². The Hall–Kier alpha value is -1.34. The molecule has 3 rings (SSSR count). The number of rotatable bonds is 2. The topological polar surface area (TPSA) is 12.0 Å². The second-order valence-corrected chi connectivity index (χ2v) is 6.39. The van der Waals surface area contributed by atoms with E-state index in [1.807, 2.05) is 0 Å². The highest BCUT2D eigenvalue weighted by atomic mass is 15.0. The molecule has 0 spiro atoms. The number of benzene rings is 2. The molecule has 20 heavy (non-hydrogen) atoms. The maximum Gasteiger partial charge on any atom is 0.0464 e. The van der Waals surface area contributed by atoms with E-state index in [1.165, 1.54) is 42.0 Å². The molecule has 0 saturated carbocycles. The van der Waals surface area contributed by atoms with Crippen LogP contribution >= 0.6 is 0 Å². The molecule has 2 aromatic rings. The molecule has 1 N–H and O–H groups in total. The SMILES string of the molecule is CC(C)C1(c2cccc3ccccc23)CCCCCN1. The lowest BCUT2D eigenvalue weighted by atomic mass is 9.75. The largest absolute Gasteiger partial charge is 0.307 e. The molecule has 0 aromatic heterocycles. The molecular weight excluding hydrogens is 242 g/mol. The van der Waals surface area contributed by atoms with Crippen LogP contribution in [0.2, 0.25) is 0 Å². The zero-order valence-electron chi connectivity index (χ0n) is 12.7. The van der Waals surface area contributed by atoms with Crippen molar-refractivity contribution in [1.82, 2.24) is 5.32 Å². The van der Waals surface area contributed by atoms with Gasteiger partial charge < -0.3 is 5.32 Å². The van der Waals surface area contributed by atoms with Crippen molar-refractivity contribution < 1.29 is 0 Å². The number of hydrogen-bond acceptors (Lipinski definition) is 1. The summed E-state index contributed by atoms with van der Waals surface area (Å²) in [5.74, 6) is 0.603. The summed E-state index contributed by atoms with van der Waals surface area (Å²) in [6, 6.07) is 15.6. The third kappa shape index (κ3) is 2.25. The molecule has 0 aliphatic carbocycles. The minimum Gasteiger partial charge on any atom is -0.307 e. The van der Waals surface area contributed by atoms with Crippen molar-refractivity contribution in [3.63, 3.8) is 0 Å². The normalized spacial score (nSPS) is 23.9. The lowest BCUT2D eigenvalue weighted by Crippen LogP contribution is -2.46. The van der Waals surface area contributed by atoms with Crippen LogP contribution in [0, 0.1) is 5.92 Å². The fourth-order valence-electron chi connectivity index (χ4n) is 3.75. The van der Waals surface area contributed by atoms with Crippen molar-refractivity contribution in [3.8, 4) is 0 Å². The first-order valence-electron chi connectivity index (χ1n) is 7.97. The highest BCUT2D eigenvalue weighted by molar-refractivity contribution is 5.86. The summed E-state index contributed by atoms with van der Waals surface area (Å²) >= 11 is 0. The molecule has 1 heterocycles. The van der Waals surface area contributed by atoms with Crippen molar-refractivity contribution in [1.29, 1.82) is 0 Å². The number of fused-ring (bicyclic) bond motifs is 1. The van der Waals surface area contributed by atoms with Crippen molar-refractivity contribution in [2.75, 3.05) is 6.54 Å². The standard InChI is InChI=1S/C19H25N/c1-15(2)19(13-6-3-7-14-20-19)18-12-8-10-16-9-4-5-11-17(16)18/h4-5,8-12,15,20H,3,6-7,13-14H2,1-2H3. The van der Waals surface area contributed by atoms with Crippen molar-refractivity contribution in [2.24, 2.45) is 5.92 Å². The quantitative estimate of drug-likeness (QED) is 0.819. The van der Waals surface area contributed by atoms with Crippen LogP contribution in [0.4, 0.5) is 0 Å². The molecule has 1 aliphatic rings. The number of hydrogen-bond donors (Lipinski definition) is 1. The summed E-state index contributed by atoms with van der Waals surface area (Å²) in [7, 11) is 0. The van der Waals surface area contributed by atoms with E-state index in [0.29, 0.717) is 5.92 Å². The van der Waals surface area contributed by atoms with Gasteiger partial charge in [-0.05, 0) is 41.6 Å². The van der Waals surface area contributed by atoms with Gasteiger partial charge in [0.2, 0.25) is 0 Å². The molecule has 1 unspecified atom stereocenters. The Morgan fingerprint density at radius 3 is 2.60 bits per heavy atom. The van der Waals surface area contributed by atoms with Gasteiger partial charge in [0, 0.05) is 5.54 Å². The third-order valence-electron chi connectivity index (χ3n) is 4.94. The van der Waals surface area contributed by atoms with Crippen LogP contribution in [0.3, 0.4) is 0 Å². The minimum atomic E-state index is 0.136. The molecule has 1 fully saturated rings. The second kappa shape index (κ2) is 5.57. The van der Waals surface area contributed by atoms with Gasteiger partial charge in [-0.15, -0.1) is 0 Å². The molecule has 2 aromatic carbocycles. The summed E-state index contributed by atoms with van der Waals surface area (Å²) in [5.41, 5.74) is 1.63. The second-order valence-electron chi connectivity index (χ2n) is 6.39. The zero-order chi connectivity index (χ0) is 14.0. The van der Waals surface area contributed by atoms with Gasteiger partial charge >= 0.3 is 0 Å². The van der Waals surface area contributed by atoms with Gasteiger partial charge in [-0.2, -0.15) is 0 Å². The van der Waals surface area contributed by atoms with Crippen LogP contribution in [0.5, 0.6) is 0 Å². The minimum absolute atomic E-state index is 0.136. The van der Waals surface area contributed by atoms with Gasteiger partial charge in [0.15, 0.2) is 0 Å². The highest BCUT2D eigenvalue weighted by Crippen LogP contribution is 2.39. The van der Waals surface area contributed by atoms with E-state index in [1.54, 1.807) is 0 Å². The molecule has 1 saturated heterocycles. The molecule has 1 aliphatic heterocycles. The van der Waals surface area contributed by atoms with Crippen LogP contribution in [-0.4, -0.2) is 6.54 Å². The Balaban J connectivity index is 2.19. The Kier molecular flexibility index (Phi) is 3.80. The van der Waals surface area contributed by atoms with Crippen LogP contribution < -0.4 is 5.32 Å². The fourth-order valence-corrected chi connectivity index (χ4v) is 3.75. The predicted molar refractivity (Wildman–Crippen MR) is 86.9 cm³/mol. The molecule has 1 nitrogen and oxygen atoms in total. The van der Waals surface area contributed by atoms with Gasteiger partial charge in [-0.1, -0.05) is 69.2 Å². The molecule has 0 bridgehead atoms. The van der Waals surface area contributed by atoms with Gasteiger partial charge in [-0.25, -0.2) is 0 Å².